The van der Waals surface area contributed by atoms with E-state index in [2.05, 4.69) is 27.1 Å². The third-order valence-corrected chi connectivity index (χ3v) is 5.07. The van der Waals surface area contributed by atoms with E-state index in [1.165, 1.54) is 4.88 Å². The molecule has 0 radical (unpaired) electrons. The number of aryl methyl sites for hydroxylation is 1. The molecule has 1 atom stereocenters. The summed E-state index contributed by atoms with van der Waals surface area (Å²) in [5.74, 6) is 1.52. The van der Waals surface area contributed by atoms with Crippen LogP contribution < -0.4 is 5.32 Å². The highest BCUT2D eigenvalue weighted by Gasteiger charge is 2.25. The van der Waals surface area contributed by atoms with E-state index in [0.29, 0.717) is 19.1 Å². The van der Waals surface area contributed by atoms with Crippen LogP contribution in [0.5, 0.6) is 0 Å². The molecule has 138 valence electrons. The molecule has 1 unspecified atom stereocenters. The zero-order valence-electron chi connectivity index (χ0n) is 14.8. The van der Waals surface area contributed by atoms with Gasteiger partial charge >= 0.3 is 0 Å². The van der Waals surface area contributed by atoms with Gasteiger partial charge in [0.1, 0.15) is 5.01 Å². The molecule has 1 saturated heterocycles. The zero-order valence-corrected chi connectivity index (χ0v) is 17.9. The molecular weight excluding hydrogens is 439 g/mol. The van der Waals surface area contributed by atoms with Crippen LogP contribution in [0.1, 0.15) is 23.2 Å². The largest absolute Gasteiger partial charge is 0.382 e. The minimum atomic E-state index is 0. The van der Waals surface area contributed by atoms with Gasteiger partial charge in [-0.15, -0.1) is 35.3 Å². The molecule has 0 amide bonds. The van der Waals surface area contributed by atoms with Gasteiger partial charge in [-0.05, 0) is 12.8 Å². The Labute approximate surface area is 166 Å². The Morgan fingerprint density at radius 3 is 3.00 bits per heavy atom. The van der Waals surface area contributed by atoms with E-state index in [4.69, 9.17) is 9.47 Å². The molecule has 1 N–H and O–H groups in total. The Hall–Kier alpha value is -0.450. The van der Waals surface area contributed by atoms with Crippen LogP contribution >= 0.6 is 35.3 Å². The Morgan fingerprint density at radius 2 is 2.33 bits per heavy atom. The second-order valence-electron chi connectivity index (χ2n) is 5.64. The molecule has 1 aliphatic rings. The van der Waals surface area contributed by atoms with Crippen LogP contribution in [0, 0.1) is 5.92 Å². The van der Waals surface area contributed by atoms with Gasteiger partial charge in [0.15, 0.2) is 5.96 Å². The first-order chi connectivity index (χ1) is 11.3. The second-order valence-corrected chi connectivity index (χ2v) is 6.84. The maximum absolute atomic E-state index is 5.64. The van der Waals surface area contributed by atoms with Crippen LogP contribution in [-0.2, 0) is 22.4 Å². The highest BCUT2D eigenvalue weighted by molar-refractivity contribution is 14.0. The summed E-state index contributed by atoms with van der Waals surface area (Å²) >= 11 is 1.77. The predicted octanol–water partition coefficient (Wildman–Crippen LogP) is 2.38. The number of likely N-dealkylation sites (tertiary alicyclic amines) is 1. The summed E-state index contributed by atoms with van der Waals surface area (Å²) in [4.78, 5) is 12.5. The van der Waals surface area contributed by atoms with Crippen molar-refractivity contribution in [1.82, 2.24) is 15.2 Å². The average Bonchev–Trinajstić information content (AvgIpc) is 3.22. The summed E-state index contributed by atoms with van der Waals surface area (Å²) in [6.07, 6.45) is 4.15. The molecular formula is C16H29IN4O2S. The van der Waals surface area contributed by atoms with Crippen molar-refractivity contribution >= 4 is 41.3 Å². The van der Waals surface area contributed by atoms with Gasteiger partial charge < -0.3 is 19.7 Å². The first-order valence-electron chi connectivity index (χ1n) is 8.22. The molecule has 8 heteroatoms. The molecule has 0 spiro atoms. The molecule has 0 bridgehead atoms. The van der Waals surface area contributed by atoms with Crippen LogP contribution in [0.25, 0.3) is 0 Å². The van der Waals surface area contributed by atoms with Crippen molar-refractivity contribution < 1.29 is 9.47 Å². The minimum absolute atomic E-state index is 0. The third-order valence-electron chi connectivity index (χ3n) is 3.93. The Morgan fingerprint density at radius 1 is 1.50 bits per heavy atom. The molecule has 24 heavy (non-hydrogen) atoms. The van der Waals surface area contributed by atoms with Crippen LogP contribution in [-0.4, -0.2) is 62.9 Å². The summed E-state index contributed by atoms with van der Waals surface area (Å²) in [7, 11) is 3.53. The van der Waals surface area contributed by atoms with E-state index in [0.717, 1.165) is 50.0 Å². The van der Waals surface area contributed by atoms with Crippen LogP contribution in [0.15, 0.2) is 11.2 Å². The Kier molecular flexibility index (Phi) is 10.8. The summed E-state index contributed by atoms with van der Waals surface area (Å²) < 4.78 is 10.6. The SMILES string of the molecule is CCc1cnc(CNC(=NC)N2CCC(COCCOC)C2)s1.I. The zero-order chi connectivity index (χ0) is 16.5. The van der Waals surface area contributed by atoms with Crippen molar-refractivity contribution in [2.75, 3.05) is 47.1 Å². The lowest BCUT2D eigenvalue weighted by atomic mass is 10.1. The fourth-order valence-corrected chi connectivity index (χ4v) is 3.44. The van der Waals surface area contributed by atoms with Gasteiger partial charge in [0.25, 0.3) is 0 Å². The number of methoxy groups -OCH3 is 1. The van der Waals surface area contributed by atoms with Gasteiger partial charge in [0.2, 0.25) is 0 Å². The Bertz CT molecular complexity index is 498. The number of halogens is 1. The van der Waals surface area contributed by atoms with Crippen molar-refractivity contribution in [1.29, 1.82) is 0 Å². The van der Waals surface area contributed by atoms with Crippen LogP contribution in [0.3, 0.4) is 0 Å². The number of thiazole rings is 1. The third kappa shape index (κ3) is 6.81. The second kappa shape index (κ2) is 12.0. The minimum Gasteiger partial charge on any atom is -0.382 e. The van der Waals surface area contributed by atoms with Gasteiger partial charge in [0.05, 0.1) is 26.4 Å². The molecule has 6 nitrogen and oxygen atoms in total. The van der Waals surface area contributed by atoms with Crippen molar-refractivity contribution in [3.8, 4) is 0 Å². The van der Waals surface area contributed by atoms with Crippen LogP contribution in [0.2, 0.25) is 0 Å². The molecule has 0 aliphatic carbocycles. The van der Waals surface area contributed by atoms with Crippen LogP contribution in [0.4, 0.5) is 0 Å². The van der Waals surface area contributed by atoms with E-state index in [1.54, 1.807) is 18.4 Å². The molecule has 2 rings (SSSR count). The maximum Gasteiger partial charge on any atom is 0.194 e. The van der Waals surface area contributed by atoms with Gasteiger partial charge in [-0.25, -0.2) is 4.98 Å². The van der Waals surface area contributed by atoms with Crippen molar-refractivity contribution in [2.45, 2.75) is 26.3 Å². The van der Waals surface area contributed by atoms with Gasteiger partial charge in [-0.1, -0.05) is 6.92 Å². The van der Waals surface area contributed by atoms with Gasteiger partial charge in [-0.3, -0.25) is 4.99 Å². The quantitative estimate of drug-likeness (QED) is 0.275. The molecule has 1 aromatic heterocycles. The number of aromatic nitrogens is 1. The number of hydrogen-bond donors (Lipinski definition) is 1. The topological polar surface area (TPSA) is 59.0 Å². The maximum atomic E-state index is 5.64. The number of rotatable bonds is 8. The molecule has 1 aromatic rings. The highest BCUT2D eigenvalue weighted by Crippen LogP contribution is 2.17. The average molecular weight is 468 g/mol. The van der Waals surface area contributed by atoms with Crippen molar-refractivity contribution in [3.63, 3.8) is 0 Å². The Balaban J connectivity index is 0.00000288. The molecule has 0 saturated carbocycles. The first-order valence-corrected chi connectivity index (χ1v) is 9.04. The van der Waals surface area contributed by atoms with E-state index in [9.17, 15) is 0 Å². The monoisotopic (exact) mass is 468 g/mol. The van der Waals surface area contributed by atoms with Crippen molar-refractivity contribution in [3.05, 3.63) is 16.1 Å². The summed E-state index contributed by atoms with van der Waals surface area (Å²) in [6, 6.07) is 0. The normalized spacial score (nSPS) is 17.9. The lowest BCUT2D eigenvalue weighted by Crippen LogP contribution is -2.39. The summed E-state index contributed by atoms with van der Waals surface area (Å²) in [5, 5.41) is 4.54. The van der Waals surface area contributed by atoms with E-state index >= 15 is 0 Å². The predicted molar refractivity (Wildman–Crippen MR) is 109 cm³/mol. The highest BCUT2D eigenvalue weighted by atomic mass is 127. The number of ether oxygens (including phenoxy) is 2. The molecule has 0 aromatic carbocycles. The van der Waals surface area contributed by atoms with Gasteiger partial charge in [0, 0.05) is 44.2 Å². The number of nitrogens with one attached hydrogen (secondary N) is 1. The smallest absolute Gasteiger partial charge is 0.194 e. The van der Waals surface area contributed by atoms with Gasteiger partial charge in [-0.2, -0.15) is 0 Å². The lowest BCUT2D eigenvalue weighted by Gasteiger charge is -2.21. The van der Waals surface area contributed by atoms with Crippen molar-refractivity contribution in [2.24, 2.45) is 10.9 Å². The lowest BCUT2D eigenvalue weighted by molar-refractivity contribution is 0.0536. The number of nitrogens with zero attached hydrogens (tertiary/aromatic N) is 3. The number of guanidine groups is 1. The van der Waals surface area contributed by atoms with E-state index < -0.39 is 0 Å². The summed E-state index contributed by atoms with van der Waals surface area (Å²) in [6.45, 7) is 7.03. The fourth-order valence-electron chi connectivity index (χ4n) is 2.63. The van der Waals surface area contributed by atoms with E-state index in [1.807, 2.05) is 13.2 Å². The molecule has 1 aliphatic heterocycles. The standard InChI is InChI=1S/C16H28N4O2S.HI/c1-4-14-9-18-15(23-14)10-19-16(17-2)20-6-5-13(11-20)12-22-8-7-21-3;/h9,13H,4-8,10-12H2,1-3H3,(H,17,19);1H. The number of hydrogen-bond acceptors (Lipinski definition) is 5. The number of aliphatic imine (C=N–C) groups is 1. The first kappa shape index (κ1) is 21.6. The van der Waals surface area contributed by atoms with E-state index in [-0.39, 0.29) is 24.0 Å². The molecule has 1 fully saturated rings. The fraction of sp³-hybridized carbons (Fsp3) is 0.750. The molecule has 2 heterocycles. The summed E-state index contributed by atoms with van der Waals surface area (Å²) in [5.41, 5.74) is 0.